The first-order valence-corrected chi connectivity index (χ1v) is 20.1. The summed E-state index contributed by atoms with van der Waals surface area (Å²) in [6.07, 6.45) is 10.5. The summed E-state index contributed by atoms with van der Waals surface area (Å²) in [6.45, 7) is 20.6. The van der Waals surface area contributed by atoms with Crippen LogP contribution in [0.1, 0.15) is 74.1 Å². The highest BCUT2D eigenvalue weighted by molar-refractivity contribution is 6.74. The van der Waals surface area contributed by atoms with Crippen molar-refractivity contribution in [1.29, 1.82) is 0 Å². The molecule has 10 atom stereocenters. The van der Waals surface area contributed by atoms with Gasteiger partial charge in [0.2, 0.25) is 0 Å². The molecule has 1 N–H and O–H groups in total. The number of allylic oxidation sites excluding steroid dienone is 3. The van der Waals surface area contributed by atoms with E-state index in [1.807, 2.05) is 19.1 Å². The molecule has 3 fully saturated rings. The summed E-state index contributed by atoms with van der Waals surface area (Å²) < 4.78 is 38.6. The molecule has 1 saturated carbocycles. The molecule has 2 aliphatic carbocycles. The molecule has 2 saturated heterocycles. The maximum absolute atomic E-state index is 13.8. The van der Waals surface area contributed by atoms with E-state index in [0.717, 1.165) is 12.8 Å². The average Bonchev–Trinajstić information content (AvgIpc) is 3.75. The first kappa shape index (κ1) is 35.5. The van der Waals surface area contributed by atoms with Gasteiger partial charge in [0.15, 0.2) is 8.32 Å². The predicted molar refractivity (Wildman–Crippen MR) is 179 cm³/mol. The van der Waals surface area contributed by atoms with Gasteiger partial charge in [-0.25, -0.2) is 4.79 Å². The molecule has 5 aliphatic rings. The number of hydrogen-bond donors (Lipinski definition) is 1. The van der Waals surface area contributed by atoms with Crippen LogP contribution in [0.15, 0.2) is 36.0 Å². The second kappa shape index (κ2) is 12.9. The minimum absolute atomic E-state index is 0.0415. The van der Waals surface area contributed by atoms with Crippen LogP contribution in [0.25, 0.3) is 0 Å². The molecule has 0 aromatic heterocycles. The van der Waals surface area contributed by atoms with Gasteiger partial charge in [-0.1, -0.05) is 64.5 Å². The Hall–Kier alpha value is -1.82. The number of carbonyl (C=O) groups excluding carboxylic acids is 2. The van der Waals surface area contributed by atoms with Gasteiger partial charge in [-0.05, 0) is 64.2 Å². The number of ether oxygens (including phenoxy) is 5. The number of esters is 2. The van der Waals surface area contributed by atoms with Crippen LogP contribution in [-0.4, -0.2) is 89.3 Å². The highest BCUT2D eigenvalue weighted by Gasteiger charge is 2.83. The van der Waals surface area contributed by atoms with E-state index in [2.05, 4.69) is 66.0 Å². The molecule has 2 spiro atoms. The lowest BCUT2D eigenvalue weighted by atomic mass is 9.51. The number of likely N-dealkylation sites (N-methyl/N-ethyl adjacent to an activating group) is 1. The number of cyclic esters (lactones) is 1. The van der Waals surface area contributed by atoms with Gasteiger partial charge in [0.1, 0.15) is 30.5 Å². The summed E-state index contributed by atoms with van der Waals surface area (Å²) in [4.78, 5) is 27.1. The van der Waals surface area contributed by atoms with Crippen molar-refractivity contribution in [2.45, 2.75) is 134 Å². The Balaban J connectivity index is 1.46. The maximum Gasteiger partial charge on any atom is 0.331 e. The zero-order valence-corrected chi connectivity index (χ0v) is 30.6. The standard InChI is InChI=1S/C36H57NO8Si/c1-23-15-17-35-21-41-32(39)31(37-8)24(2)16-18-40-26(25(3)45-46(9,10)33(4,5)6)13-11-12-14-30(38)44-27-20-29(43-28(35)19-23)36(22-42-36)34(27,35)7/h11-14,19,24-29,31,37H,15-18,20-22H2,1-10H3/b13-11-,14-12-/t24-,25-,26-,27-,28+,29-,31+,34-,35-,36+/m1/s1. The van der Waals surface area contributed by atoms with Crippen LogP contribution in [0.5, 0.6) is 0 Å². The van der Waals surface area contributed by atoms with Gasteiger partial charge >= 0.3 is 11.9 Å². The van der Waals surface area contributed by atoms with Crippen molar-refractivity contribution >= 4 is 20.3 Å². The molecule has 0 unspecified atom stereocenters. The lowest BCUT2D eigenvalue weighted by molar-refractivity contribution is -0.233. The molecular formula is C36H57NO8Si. The lowest BCUT2D eigenvalue weighted by Gasteiger charge is -2.58. The zero-order chi connectivity index (χ0) is 33.7. The Morgan fingerprint density at radius 2 is 1.85 bits per heavy atom. The number of epoxide rings is 1. The van der Waals surface area contributed by atoms with Crippen LogP contribution >= 0.6 is 0 Å². The fraction of sp³-hybridized carbons (Fsp3) is 0.778. The van der Waals surface area contributed by atoms with Crippen LogP contribution in [0.3, 0.4) is 0 Å². The van der Waals surface area contributed by atoms with E-state index in [1.54, 1.807) is 13.1 Å². The maximum atomic E-state index is 13.8. The second-order valence-electron chi connectivity index (χ2n) is 16.1. The van der Waals surface area contributed by atoms with Gasteiger partial charge in [-0.15, -0.1) is 0 Å². The van der Waals surface area contributed by atoms with E-state index in [-0.39, 0.29) is 47.9 Å². The lowest BCUT2D eigenvalue weighted by Crippen LogP contribution is -2.67. The molecule has 5 rings (SSSR count). The van der Waals surface area contributed by atoms with Crippen LogP contribution in [0, 0.1) is 16.7 Å². The zero-order valence-electron chi connectivity index (χ0n) is 29.6. The molecular weight excluding hydrogens is 602 g/mol. The fourth-order valence-corrected chi connectivity index (χ4v) is 9.58. The van der Waals surface area contributed by atoms with Crippen LogP contribution in [0.2, 0.25) is 18.1 Å². The molecule has 258 valence electrons. The van der Waals surface area contributed by atoms with Gasteiger partial charge in [0.05, 0.1) is 30.3 Å². The topological polar surface area (TPSA) is 105 Å². The van der Waals surface area contributed by atoms with Crippen molar-refractivity contribution in [2.75, 3.05) is 26.9 Å². The number of rotatable bonds is 4. The number of nitrogens with one attached hydrogen (secondary N) is 1. The third kappa shape index (κ3) is 6.11. The summed E-state index contributed by atoms with van der Waals surface area (Å²) in [5.74, 6) is -0.758. The fourth-order valence-electron chi connectivity index (χ4n) is 8.16. The molecule has 0 amide bonds. The van der Waals surface area contributed by atoms with Crippen molar-refractivity contribution in [1.82, 2.24) is 5.32 Å². The van der Waals surface area contributed by atoms with Crippen molar-refractivity contribution in [3.8, 4) is 0 Å². The van der Waals surface area contributed by atoms with E-state index in [1.165, 1.54) is 11.6 Å². The smallest absolute Gasteiger partial charge is 0.331 e. The average molecular weight is 660 g/mol. The minimum Gasteiger partial charge on any atom is -0.464 e. The van der Waals surface area contributed by atoms with E-state index in [9.17, 15) is 9.59 Å². The Kier molecular flexibility index (Phi) is 9.95. The molecule has 46 heavy (non-hydrogen) atoms. The summed E-state index contributed by atoms with van der Waals surface area (Å²) >= 11 is 0. The minimum atomic E-state index is -2.06. The number of carbonyl (C=O) groups is 2. The molecule has 3 heterocycles. The van der Waals surface area contributed by atoms with Crippen molar-refractivity contribution in [3.05, 3.63) is 36.0 Å². The quantitative estimate of drug-likeness (QED) is 0.177. The molecule has 0 radical (unpaired) electrons. The van der Waals surface area contributed by atoms with Gasteiger partial charge in [-0.2, -0.15) is 0 Å². The third-order valence-corrected chi connectivity index (χ3v) is 16.9. The highest BCUT2D eigenvalue weighted by Crippen LogP contribution is 2.72. The normalized spacial score (nSPS) is 42.5. The van der Waals surface area contributed by atoms with E-state index >= 15 is 0 Å². The van der Waals surface area contributed by atoms with Crippen LogP contribution in [-0.2, 0) is 37.7 Å². The predicted octanol–water partition coefficient (Wildman–Crippen LogP) is 5.65. The molecule has 9 nitrogen and oxygen atoms in total. The van der Waals surface area contributed by atoms with E-state index < -0.39 is 42.9 Å². The Bertz CT molecular complexity index is 1250. The number of hydrogen-bond acceptors (Lipinski definition) is 9. The monoisotopic (exact) mass is 659 g/mol. The SMILES string of the molecule is CN[C@@H]1C(=O)OC[C@]23CCC(C)=C[C@@H]2O[C@@H]2C[C@@H](OC(=O)/C=C\C=C/[C@H]([C@@H](C)O[Si](C)(C)C(C)(C)C)OCC[C@H]1C)[C@@]3(C)[C@]21CO1. The molecule has 3 aliphatic heterocycles. The van der Waals surface area contributed by atoms with Crippen molar-refractivity contribution in [2.24, 2.45) is 16.7 Å². The van der Waals surface area contributed by atoms with Crippen molar-refractivity contribution < 1.29 is 37.7 Å². The largest absolute Gasteiger partial charge is 0.464 e. The van der Waals surface area contributed by atoms with Gasteiger partial charge < -0.3 is 33.4 Å². The van der Waals surface area contributed by atoms with E-state index in [4.69, 9.17) is 28.1 Å². The Morgan fingerprint density at radius 1 is 1.13 bits per heavy atom. The summed E-state index contributed by atoms with van der Waals surface area (Å²) in [7, 11) is -0.263. The molecule has 10 heteroatoms. The first-order chi connectivity index (χ1) is 21.5. The van der Waals surface area contributed by atoms with Gasteiger partial charge in [0.25, 0.3) is 0 Å². The summed E-state index contributed by atoms with van der Waals surface area (Å²) in [6, 6.07) is -0.510. The van der Waals surface area contributed by atoms with Gasteiger partial charge in [-0.3, -0.25) is 4.79 Å². The summed E-state index contributed by atoms with van der Waals surface area (Å²) in [5.41, 5.74) is -0.523. The molecule has 0 aromatic rings. The van der Waals surface area contributed by atoms with Crippen LogP contribution in [0.4, 0.5) is 0 Å². The second-order valence-corrected chi connectivity index (χ2v) is 20.8. The van der Waals surface area contributed by atoms with Gasteiger partial charge in [0, 0.05) is 24.5 Å². The third-order valence-electron chi connectivity index (χ3n) is 12.4. The van der Waals surface area contributed by atoms with E-state index in [0.29, 0.717) is 26.1 Å². The molecule has 2 bridgehead atoms. The van der Waals surface area contributed by atoms with Crippen molar-refractivity contribution in [3.63, 3.8) is 0 Å². The van der Waals surface area contributed by atoms with Crippen LogP contribution < -0.4 is 5.32 Å². The summed E-state index contributed by atoms with van der Waals surface area (Å²) in [5, 5.41) is 3.26. The Morgan fingerprint density at radius 3 is 2.50 bits per heavy atom. The first-order valence-electron chi connectivity index (χ1n) is 17.2. The highest BCUT2D eigenvalue weighted by atomic mass is 28.4. The Labute approximate surface area is 276 Å². The molecule has 0 aromatic carbocycles.